The molecule has 1 fully saturated rings. The lowest BCUT2D eigenvalue weighted by atomic mass is 10.1. The van der Waals surface area contributed by atoms with Crippen molar-refractivity contribution in [1.29, 1.82) is 5.41 Å². The van der Waals surface area contributed by atoms with Gasteiger partial charge in [0, 0.05) is 28.8 Å². The van der Waals surface area contributed by atoms with E-state index in [1.165, 1.54) is 16.9 Å². The summed E-state index contributed by atoms with van der Waals surface area (Å²) in [5, 5.41) is 14.8. The molecule has 0 spiro atoms. The van der Waals surface area contributed by atoms with E-state index in [1.807, 2.05) is 18.2 Å². The van der Waals surface area contributed by atoms with Crippen LogP contribution in [-0.4, -0.2) is 47.6 Å². The highest BCUT2D eigenvalue weighted by Gasteiger charge is 2.33. The Balaban J connectivity index is 1.34. The van der Waals surface area contributed by atoms with Crippen molar-refractivity contribution in [3.05, 3.63) is 57.8 Å². The molecule has 1 aliphatic rings. The normalized spacial score (nSPS) is 15.2. The number of benzene rings is 1. The number of hydrogen-bond acceptors (Lipinski definition) is 5. The molecule has 2 aromatic rings. The average molecular weight is 484 g/mol. The predicted molar refractivity (Wildman–Crippen MR) is 134 cm³/mol. The fraction of sp³-hybridized carbons (Fsp3) is 0.440. The van der Waals surface area contributed by atoms with Crippen molar-refractivity contribution in [3.8, 4) is 0 Å². The zero-order valence-electron chi connectivity index (χ0n) is 19.3. The van der Waals surface area contributed by atoms with Crippen LogP contribution in [0.3, 0.4) is 0 Å². The van der Waals surface area contributed by atoms with Crippen LogP contribution in [-0.2, 0) is 27.3 Å². The van der Waals surface area contributed by atoms with E-state index in [1.54, 1.807) is 16.3 Å². The van der Waals surface area contributed by atoms with Crippen molar-refractivity contribution in [2.45, 2.75) is 57.5 Å². The van der Waals surface area contributed by atoms with Crippen molar-refractivity contribution < 1.29 is 14.4 Å². The predicted octanol–water partition coefficient (Wildman–Crippen LogP) is 2.56. The molecule has 182 valence electrons. The Morgan fingerprint density at radius 1 is 1.12 bits per heavy atom. The quantitative estimate of drug-likeness (QED) is 0.210. The molecule has 3 rings (SSSR count). The van der Waals surface area contributed by atoms with Crippen molar-refractivity contribution in [3.63, 3.8) is 0 Å². The third-order valence-corrected chi connectivity index (χ3v) is 6.86. The van der Waals surface area contributed by atoms with Crippen LogP contribution in [0.5, 0.6) is 0 Å². The fourth-order valence-electron chi connectivity index (χ4n) is 4.04. The number of hydrogen-bond donors (Lipinski definition) is 4. The van der Waals surface area contributed by atoms with E-state index in [4.69, 9.17) is 11.1 Å². The molecule has 1 aliphatic heterocycles. The first kappa shape index (κ1) is 25.4. The van der Waals surface area contributed by atoms with Gasteiger partial charge >= 0.3 is 0 Å². The van der Waals surface area contributed by atoms with Gasteiger partial charge in [-0.1, -0.05) is 36.8 Å². The second-order valence-corrected chi connectivity index (χ2v) is 9.50. The van der Waals surface area contributed by atoms with Crippen LogP contribution in [0.25, 0.3) is 0 Å². The minimum atomic E-state index is -0.519. The maximum absolute atomic E-state index is 12.7. The molecule has 8 nitrogen and oxygen atoms in total. The van der Waals surface area contributed by atoms with Crippen molar-refractivity contribution in [2.75, 3.05) is 13.1 Å². The van der Waals surface area contributed by atoms with Crippen molar-refractivity contribution in [2.24, 2.45) is 5.73 Å². The van der Waals surface area contributed by atoms with Crippen LogP contribution >= 0.6 is 11.3 Å². The van der Waals surface area contributed by atoms with Gasteiger partial charge in [-0.15, -0.1) is 11.3 Å². The van der Waals surface area contributed by atoms with Gasteiger partial charge in [0.15, 0.2) is 0 Å². The summed E-state index contributed by atoms with van der Waals surface area (Å²) >= 11 is 1.43. The molecule has 0 bridgehead atoms. The molecule has 1 saturated heterocycles. The Bertz CT molecular complexity index is 991. The van der Waals surface area contributed by atoms with Gasteiger partial charge in [0.1, 0.15) is 11.9 Å². The second kappa shape index (κ2) is 12.9. The monoisotopic (exact) mass is 483 g/mol. The molecule has 9 heteroatoms. The highest BCUT2D eigenvalue weighted by molar-refractivity contribution is 7.10. The van der Waals surface area contributed by atoms with E-state index in [2.05, 4.69) is 22.8 Å². The Kier molecular flexibility index (Phi) is 9.63. The number of likely N-dealkylation sites (tertiary alicyclic amines) is 1. The molecule has 0 aliphatic carbocycles. The maximum Gasteiger partial charge on any atom is 0.243 e. The summed E-state index contributed by atoms with van der Waals surface area (Å²) in [5.41, 5.74) is 7.42. The number of amidine groups is 1. The van der Waals surface area contributed by atoms with E-state index in [0.29, 0.717) is 31.5 Å². The van der Waals surface area contributed by atoms with Gasteiger partial charge in [-0.25, -0.2) is 0 Å². The number of rotatable bonds is 12. The van der Waals surface area contributed by atoms with Gasteiger partial charge in [-0.3, -0.25) is 19.8 Å². The molecule has 1 atom stereocenters. The standard InChI is InChI=1S/C25H33N5O3S/c26-24(27)19-14-20(34-17-19)15-29-25(33)21-11-7-13-30(21)23(32)16-28-22(31)12-6-2-5-10-18-8-3-1-4-9-18/h1,3-4,8-9,14,17,21H,2,5-7,10-13,15-16H2,(H3,26,27)(H,28,31)(H,29,33)/t21-/m0/s1. The fourth-order valence-corrected chi connectivity index (χ4v) is 4.87. The van der Waals surface area contributed by atoms with Gasteiger partial charge in [0.25, 0.3) is 0 Å². The number of amides is 3. The highest BCUT2D eigenvalue weighted by atomic mass is 32.1. The zero-order valence-corrected chi connectivity index (χ0v) is 20.2. The number of carbonyl (C=O) groups is 3. The molecule has 3 amide bonds. The van der Waals surface area contributed by atoms with E-state index >= 15 is 0 Å². The largest absolute Gasteiger partial charge is 0.384 e. The van der Waals surface area contributed by atoms with Gasteiger partial charge in [-0.2, -0.15) is 0 Å². The van der Waals surface area contributed by atoms with Gasteiger partial charge in [0.05, 0.1) is 13.1 Å². The van der Waals surface area contributed by atoms with Crippen LogP contribution in [0.2, 0.25) is 0 Å². The number of carbonyl (C=O) groups excluding carboxylic acids is 3. The molecule has 0 saturated carbocycles. The Morgan fingerprint density at radius 2 is 1.91 bits per heavy atom. The number of nitrogens with one attached hydrogen (secondary N) is 3. The summed E-state index contributed by atoms with van der Waals surface area (Å²) in [4.78, 5) is 39.9. The average Bonchev–Trinajstić information content (AvgIpc) is 3.52. The molecular weight excluding hydrogens is 450 g/mol. The summed E-state index contributed by atoms with van der Waals surface area (Å²) in [7, 11) is 0. The molecule has 5 N–H and O–H groups in total. The topological polar surface area (TPSA) is 128 Å². The van der Waals surface area contributed by atoms with Crippen LogP contribution in [0.15, 0.2) is 41.8 Å². The van der Waals surface area contributed by atoms with Gasteiger partial charge in [-0.05, 0) is 43.7 Å². The van der Waals surface area contributed by atoms with Gasteiger partial charge < -0.3 is 21.3 Å². The van der Waals surface area contributed by atoms with E-state index in [-0.39, 0.29) is 30.1 Å². The molecule has 0 unspecified atom stereocenters. The minimum Gasteiger partial charge on any atom is -0.384 e. The lowest BCUT2D eigenvalue weighted by Gasteiger charge is -2.24. The molecule has 2 heterocycles. The third kappa shape index (κ3) is 7.69. The van der Waals surface area contributed by atoms with Crippen LogP contribution in [0.4, 0.5) is 0 Å². The van der Waals surface area contributed by atoms with Gasteiger partial charge in [0.2, 0.25) is 17.7 Å². The summed E-state index contributed by atoms with van der Waals surface area (Å²) in [6.45, 7) is 0.760. The number of nitrogen functional groups attached to an aromatic ring is 1. The first-order valence-corrected chi connectivity index (χ1v) is 12.6. The summed E-state index contributed by atoms with van der Waals surface area (Å²) in [6.07, 6.45) is 5.54. The Morgan fingerprint density at radius 3 is 2.65 bits per heavy atom. The lowest BCUT2D eigenvalue weighted by molar-refractivity contribution is -0.138. The lowest BCUT2D eigenvalue weighted by Crippen LogP contribution is -2.48. The van der Waals surface area contributed by atoms with E-state index in [0.717, 1.165) is 37.0 Å². The zero-order chi connectivity index (χ0) is 24.3. The van der Waals surface area contributed by atoms with E-state index < -0.39 is 6.04 Å². The molecule has 34 heavy (non-hydrogen) atoms. The van der Waals surface area contributed by atoms with Crippen LogP contribution < -0.4 is 16.4 Å². The van der Waals surface area contributed by atoms with Crippen molar-refractivity contribution >= 4 is 34.9 Å². The smallest absolute Gasteiger partial charge is 0.243 e. The number of nitrogens with two attached hydrogens (primary N) is 1. The summed E-state index contributed by atoms with van der Waals surface area (Å²) in [6, 6.07) is 11.5. The molecule has 1 aromatic heterocycles. The SMILES string of the molecule is N=C(N)c1csc(CNC(=O)[C@@H]2CCCN2C(=O)CNC(=O)CCCCCc2ccccc2)c1. The molecular formula is C25H33N5O3S. The van der Waals surface area contributed by atoms with Crippen LogP contribution in [0.1, 0.15) is 54.5 Å². The number of aryl methyl sites for hydroxylation is 1. The minimum absolute atomic E-state index is 0.00405. The van der Waals surface area contributed by atoms with Crippen molar-refractivity contribution in [1.82, 2.24) is 15.5 Å². The van der Waals surface area contributed by atoms with E-state index in [9.17, 15) is 14.4 Å². The summed E-state index contributed by atoms with van der Waals surface area (Å²) < 4.78 is 0. The molecule has 1 aromatic carbocycles. The Labute approximate surface area is 204 Å². The summed E-state index contributed by atoms with van der Waals surface area (Å²) in [5.74, 6) is -0.568. The molecule has 0 radical (unpaired) electrons. The van der Waals surface area contributed by atoms with Crippen LogP contribution in [0, 0.1) is 5.41 Å². The highest BCUT2D eigenvalue weighted by Crippen LogP contribution is 2.19. The number of unbranched alkanes of at least 4 members (excludes halogenated alkanes) is 2. The second-order valence-electron chi connectivity index (χ2n) is 8.50. The maximum atomic E-state index is 12.7. The first-order chi connectivity index (χ1) is 16.4. The number of thiophene rings is 1. The number of nitrogens with zero attached hydrogens (tertiary/aromatic N) is 1. The third-order valence-electron chi connectivity index (χ3n) is 5.93. The first-order valence-electron chi connectivity index (χ1n) is 11.7. The Hall–Kier alpha value is -3.20.